The summed E-state index contributed by atoms with van der Waals surface area (Å²) in [7, 11) is 0. The van der Waals surface area contributed by atoms with Gasteiger partial charge in [-0.15, -0.1) is 10.2 Å². The van der Waals surface area contributed by atoms with Gasteiger partial charge in [0.15, 0.2) is 5.82 Å². The SMILES string of the molecule is FC(F)(F)c1ccc(-n2nnnc2CSc2n[nH]c(C3CC3)n2)cc1. The van der Waals surface area contributed by atoms with E-state index in [0.717, 1.165) is 30.8 Å². The first-order valence-corrected chi connectivity index (χ1v) is 8.49. The molecule has 1 aliphatic rings. The molecule has 0 bridgehead atoms. The standard InChI is InChI=1S/C14H12F3N7S/c15-14(16,17)9-3-5-10(6-4-9)24-11(19-22-23-24)7-25-13-18-12(20-21-13)8-1-2-8/h3-6,8H,1-2,7H2,(H,18,20,21). The summed E-state index contributed by atoms with van der Waals surface area (Å²) in [4.78, 5) is 4.41. The number of thioether (sulfide) groups is 1. The molecule has 0 spiro atoms. The summed E-state index contributed by atoms with van der Waals surface area (Å²) >= 11 is 1.36. The molecule has 4 rings (SSSR count). The molecule has 130 valence electrons. The number of halogens is 3. The molecule has 1 aliphatic carbocycles. The highest BCUT2D eigenvalue weighted by Crippen LogP contribution is 2.38. The van der Waals surface area contributed by atoms with Gasteiger partial charge in [0.05, 0.1) is 17.0 Å². The highest BCUT2D eigenvalue weighted by Gasteiger charge is 2.30. The van der Waals surface area contributed by atoms with Gasteiger partial charge in [0.25, 0.3) is 0 Å². The molecule has 0 unspecified atom stereocenters. The summed E-state index contributed by atoms with van der Waals surface area (Å²) in [5, 5.41) is 19.0. The third kappa shape index (κ3) is 3.50. The minimum atomic E-state index is -4.37. The third-order valence-corrected chi connectivity index (χ3v) is 4.59. The first-order valence-electron chi connectivity index (χ1n) is 7.51. The first kappa shape index (κ1) is 16.1. The van der Waals surface area contributed by atoms with Crippen molar-refractivity contribution in [2.75, 3.05) is 0 Å². The Morgan fingerprint density at radius 1 is 1.20 bits per heavy atom. The lowest BCUT2D eigenvalue weighted by molar-refractivity contribution is -0.137. The number of benzene rings is 1. The van der Waals surface area contributed by atoms with E-state index < -0.39 is 11.7 Å². The van der Waals surface area contributed by atoms with E-state index in [-0.39, 0.29) is 0 Å². The molecule has 0 amide bonds. The van der Waals surface area contributed by atoms with Gasteiger partial charge in [0, 0.05) is 5.92 Å². The number of H-pyrrole nitrogens is 1. The monoisotopic (exact) mass is 367 g/mol. The van der Waals surface area contributed by atoms with Gasteiger partial charge >= 0.3 is 6.18 Å². The summed E-state index contributed by atoms with van der Waals surface area (Å²) in [6, 6.07) is 4.69. The van der Waals surface area contributed by atoms with E-state index in [2.05, 4.69) is 30.7 Å². The largest absolute Gasteiger partial charge is 0.416 e. The summed E-state index contributed by atoms with van der Waals surface area (Å²) in [5.41, 5.74) is -0.254. The van der Waals surface area contributed by atoms with E-state index in [1.165, 1.54) is 28.6 Å². The molecule has 0 radical (unpaired) electrons. The van der Waals surface area contributed by atoms with Gasteiger partial charge in [-0.05, 0) is 47.5 Å². The van der Waals surface area contributed by atoms with Gasteiger partial charge in [-0.3, -0.25) is 5.10 Å². The van der Waals surface area contributed by atoms with Crippen molar-refractivity contribution in [3.8, 4) is 5.69 Å². The van der Waals surface area contributed by atoms with Crippen molar-refractivity contribution in [2.24, 2.45) is 0 Å². The van der Waals surface area contributed by atoms with E-state index in [4.69, 9.17) is 0 Å². The Morgan fingerprint density at radius 2 is 1.96 bits per heavy atom. The number of aromatic nitrogens is 7. The van der Waals surface area contributed by atoms with Crippen molar-refractivity contribution in [1.29, 1.82) is 0 Å². The van der Waals surface area contributed by atoms with Crippen LogP contribution < -0.4 is 0 Å². The maximum Gasteiger partial charge on any atom is 0.416 e. The van der Waals surface area contributed by atoms with Crippen molar-refractivity contribution in [3.63, 3.8) is 0 Å². The molecular weight excluding hydrogens is 355 g/mol. The summed E-state index contributed by atoms with van der Waals surface area (Å²) < 4.78 is 39.3. The fraction of sp³-hybridized carbons (Fsp3) is 0.357. The molecule has 0 saturated heterocycles. The Kier molecular flexibility index (Phi) is 3.94. The smallest absolute Gasteiger partial charge is 0.262 e. The number of nitrogens with one attached hydrogen (secondary N) is 1. The molecule has 25 heavy (non-hydrogen) atoms. The Morgan fingerprint density at radius 3 is 2.64 bits per heavy atom. The quantitative estimate of drug-likeness (QED) is 0.698. The average molecular weight is 367 g/mol. The van der Waals surface area contributed by atoms with Crippen LogP contribution in [-0.4, -0.2) is 35.4 Å². The Hall–Kier alpha value is -2.43. The molecule has 0 aliphatic heterocycles. The Labute approximate surface area is 144 Å². The predicted octanol–water partition coefficient (Wildman–Crippen LogP) is 2.97. The van der Waals surface area contributed by atoms with Crippen molar-refractivity contribution in [2.45, 2.75) is 35.8 Å². The van der Waals surface area contributed by atoms with Crippen LogP contribution in [0.3, 0.4) is 0 Å². The van der Waals surface area contributed by atoms with Crippen LogP contribution in [0.1, 0.15) is 36.0 Å². The lowest BCUT2D eigenvalue weighted by Gasteiger charge is -2.08. The number of hydrogen-bond donors (Lipinski definition) is 1. The van der Waals surface area contributed by atoms with Crippen molar-refractivity contribution >= 4 is 11.8 Å². The van der Waals surface area contributed by atoms with Crippen molar-refractivity contribution < 1.29 is 13.2 Å². The van der Waals surface area contributed by atoms with Gasteiger partial charge in [-0.1, -0.05) is 11.8 Å². The molecule has 7 nitrogen and oxygen atoms in total. The van der Waals surface area contributed by atoms with E-state index in [0.29, 0.717) is 28.3 Å². The van der Waals surface area contributed by atoms with Crippen LogP contribution in [0.2, 0.25) is 0 Å². The molecule has 2 heterocycles. The van der Waals surface area contributed by atoms with Gasteiger partial charge in [0.1, 0.15) is 5.82 Å². The zero-order valence-electron chi connectivity index (χ0n) is 12.7. The molecular formula is C14H12F3N7S. The Bertz CT molecular complexity index is 867. The molecule has 0 atom stereocenters. The molecule has 3 aromatic rings. The van der Waals surface area contributed by atoms with Crippen LogP contribution in [0, 0.1) is 0 Å². The minimum Gasteiger partial charge on any atom is -0.262 e. The minimum absolute atomic E-state index is 0.399. The lowest BCUT2D eigenvalue weighted by atomic mass is 10.2. The van der Waals surface area contributed by atoms with Gasteiger partial charge in [0.2, 0.25) is 5.16 Å². The molecule has 2 aromatic heterocycles. The lowest BCUT2D eigenvalue weighted by Crippen LogP contribution is -2.06. The third-order valence-electron chi connectivity index (χ3n) is 3.75. The maximum atomic E-state index is 12.6. The highest BCUT2D eigenvalue weighted by atomic mass is 32.2. The number of hydrogen-bond acceptors (Lipinski definition) is 6. The second kappa shape index (κ2) is 6.14. The van der Waals surface area contributed by atoms with E-state index >= 15 is 0 Å². The van der Waals surface area contributed by atoms with Gasteiger partial charge in [-0.25, -0.2) is 4.98 Å². The van der Waals surface area contributed by atoms with Crippen LogP contribution in [-0.2, 0) is 11.9 Å². The topological polar surface area (TPSA) is 85.2 Å². The zero-order valence-corrected chi connectivity index (χ0v) is 13.5. The molecule has 1 aromatic carbocycles. The zero-order chi connectivity index (χ0) is 17.4. The first-order chi connectivity index (χ1) is 12.0. The fourth-order valence-corrected chi connectivity index (χ4v) is 2.99. The number of tetrazole rings is 1. The van der Waals surface area contributed by atoms with Crippen LogP contribution >= 0.6 is 11.8 Å². The van der Waals surface area contributed by atoms with E-state index in [9.17, 15) is 13.2 Å². The highest BCUT2D eigenvalue weighted by molar-refractivity contribution is 7.98. The number of aromatic amines is 1. The number of nitrogens with zero attached hydrogens (tertiary/aromatic N) is 6. The van der Waals surface area contributed by atoms with Crippen molar-refractivity contribution in [3.05, 3.63) is 41.5 Å². The van der Waals surface area contributed by atoms with Crippen LogP contribution in [0.5, 0.6) is 0 Å². The Balaban J connectivity index is 1.48. The summed E-state index contributed by atoms with van der Waals surface area (Å²) in [5.74, 6) is 2.28. The molecule has 1 fully saturated rings. The second-order valence-electron chi connectivity index (χ2n) is 5.62. The van der Waals surface area contributed by atoms with Crippen LogP contribution in [0.15, 0.2) is 29.4 Å². The van der Waals surface area contributed by atoms with Gasteiger partial charge < -0.3 is 0 Å². The maximum absolute atomic E-state index is 12.6. The van der Waals surface area contributed by atoms with Gasteiger partial charge in [-0.2, -0.15) is 17.9 Å². The normalized spacial score (nSPS) is 14.8. The van der Waals surface area contributed by atoms with Crippen LogP contribution in [0.4, 0.5) is 13.2 Å². The average Bonchev–Trinajstić information content (AvgIpc) is 3.15. The summed E-state index contributed by atoms with van der Waals surface area (Å²) in [6.07, 6.45) is -2.11. The molecule has 11 heteroatoms. The summed E-state index contributed by atoms with van der Waals surface area (Å²) in [6.45, 7) is 0. The predicted molar refractivity (Wildman–Crippen MR) is 82.1 cm³/mol. The fourth-order valence-electron chi connectivity index (χ4n) is 2.28. The number of rotatable bonds is 5. The van der Waals surface area contributed by atoms with E-state index in [1.807, 2.05) is 0 Å². The molecule has 1 saturated carbocycles. The second-order valence-corrected chi connectivity index (χ2v) is 6.56. The molecule has 1 N–H and O–H groups in total. The van der Waals surface area contributed by atoms with Crippen molar-refractivity contribution in [1.82, 2.24) is 35.4 Å². The van der Waals surface area contributed by atoms with Crippen LogP contribution in [0.25, 0.3) is 5.69 Å². The number of alkyl halides is 3. The van der Waals surface area contributed by atoms with E-state index in [1.54, 1.807) is 0 Å².